The Morgan fingerprint density at radius 2 is 1.71 bits per heavy atom. The monoisotopic (exact) mass is 500 g/mol. The Labute approximate surface area is 201 Å². The van der Waals surface area contributed by atoms with E-state index in [4.69, 9.17) is 13.7 Å². The molecule has 1 aromatic heterocycles. The summed E-state index contributed by atoms with van der Waals surface area (Å²) in [7, 11) is -3.75. The average Bonchev–Trinajstić information content (AvgIpc) is 3.29. The number of hydrogen-bond donors (Lipinski definition) is 3. The molecule has 1 aliphatic rings. The van der Waals surface area contributed by atoms with E-state index < -0.39 is 22.0 Å². The number of carbonyl (C=O) groups is 2. The second-order valence-corrected chi connectivity index (χ2v) is 9.86. The van der Waals surface area contributed by atoms with Crippen molar-refractivity contribution in [3.63, 3.8) is 0 Å². The van der Waals surface area contributed by atoms with Crippen molar-refractivity contribution in [1.29, 1.82) is 0 Å². The summed E-state index contributed by atoms with van der Waals surface area (Å²) in [6.07, 6.45) is 3.89. The minimum absolute atomic E-state index is 0.0377. The fourth-order valence-corrected chi connectivity index (χ4v) is 4.45. The van der Waals surface area contributed by atoms with E-state index in [9.17, 15) is 18.0 Å². The number of nitrogens with zero attached hydrogens (tertiary/aromatic N) is 2. The topological polar surface area (TPSA) is 161 Å². The van der Waals surface area contributed by atoms with Crippen LogP contribution in [0.4, 0.5) is 17.4 Å². The molecule has 1 amide bonds. The SMILES string of the molecule is CS(=O)(=O)Oc1ccccc1Nc1nnc(C(=O)Nc2ccc(C3CCC(C(=O)O)CC3)cc2)o1. The smallest absolute Gasteiger partial charge is 0.320 e. The van der Waals surface area contributed by atoms with Crippen molar-refractivity contribution in [2.45, 2.75) is 31.6 Å². The molecule has 35 heavy (non-hydrogen) atoms. The lowest BCUT2D eigenvalue weighted by Crippen LogP contribution is -2.20. The summed E-state index contributed by atoms with van der Waals surface area (Å²) in [6, 6.07) is 13.5. The number of rotatable bonds is 8. The summed E-state index contributed by atoms with van der Waals surface area (Å²) in [5.41, 5.74) is 1.91. The molecule has 3 aromatic rings. The Bertz CT molecular complexity index is 1310. The zero-order chi connectivity index (χ0) is 25.0. The highest BCUT2D eigenvalue weighted by atomic mass is 32.2. The van der Waals surface area contributed by atoms with Gasteiger partial charge in [0, 0.05) is 5.69 Å². The van der Waals surface area contributed by atoms with E-state index in [1.165, 1.54) is 6.07 Å². The van der Waals surface area contributed by atoms with Crippen molar-refractivity contribution in [2.24, 2.45) is 5.92 Å². The van der Waals surface area contributed by atoms with Gasteiger partial charge in [0.2, 0.25) is 0 Å². The highest BCUT2D eigenvalue weighted by molar-refractivity contribution is 7.86. The number of carboxylic acids is 1. The minimum Gasteiger partial charge on any atom is -0.481 e. The molecule has 11 nitrogen and oxygen atoms in total. The molecular formula is C23H24N4O7S. The predicted octanol–water partition coefficient (Wildman–Crippen LogP) is 3.76. The molecule has 0 saturated heterocycles. The molecular weight excluding hydrogens is 476 g/mol. The standard InChI is InChI=1S/C23H24N4O7S/c1-35(31,32)34-19-5-3-2-4-18(19)25-23-27-26-21(33-23)20(28)24-17-12-10-15(11-13-17)14-6-8-16(9-7-14)22(29)30/h2-5,10-14,16H,6-9H2,1H3,(H,24,28)(H,25,27)(H,29,30). The van der Waals surface area contributed by atoms with Crippen molar-refractivity contribution in [2.75, 3.05) is 16.9 Å². The zero-order valence-electron chi connectivity index (χ0n) is 18.8. The largest absolute Gasteiger partial charge is 0.481 e. The molecule has 1 saturated carbocycles. The number of aromatic nitrogens is 2. The van der Waals surface area contributed by atoms with Crippen LogP contribution in [0.2, 0.25) is 0 Å². The Balaban J connectivity index is 1.36. The van der Waals surface area contributed by atoms with Crippen molar-refractivity contribution >= 4 is 39.4 Å². The summed E-state index contributed by atoms with van der Waals surface area (Å²) >= 11 is 0. The van der Waals surface area contributed by atoms with Crippen molar-refractivity contribution in [1.82, 2.24) is 10.2 Å². The lowest BCUT2D eigenvalue weighted by molar-refractivity contribution is -0.142. The second kappa shape index (κ2) is 10.1. The van der Waals surface area contributed by atoms with Crippen molar-refractivity contribution in [3.05, 3.63) is 60.0 Å². The number of benzene rings is 2. The molecule has 184 valence electrons. The van der Waals surface area contributed by atoms with Crippen LogP contribution in [0, 0.1) is 5.92 Å². The molecule has 0 aliphatic heterocycles. The number of carboxylic acid groups (broad SMARTS) is 1. The number of carbonyl (C=O) groups excluding carboxylic acids is 1. The van der Waals surface area contributed by atoms with E-state index in [-0.39, 0.29) is 29.3 Å². The van der Waals surface area contributed by atoms with Gasteiger partial charge in [-0.05, 0) is 61.4 Å². The first-order valence-corrected chi connectivity index (χ1v) is 12.7. The van der Waals surface area contributed by atoms with Gasteiger partial charge in [-0.2, -0.15) is 8.42 Å². The van der Waals surface area contributed by atoms with E-state index in [1.54, 1.807) is 30.3 Å². The summed E-state index contributed by atoms with van der Waals surface area (Å²) in [5.74, 6) is -1.55. The number of para-hydroxylation sites is 2. The lowest BCUT2D eigenvalue weighted by Gasteiger charge is -2.26. The highest BCUT2D eigenvalue weighted by Gasteiger charge is 2.26. The number of aliphatic carboxylic acids is 1. The second-order valence-electron chi connectivity index (χ2n) is 8.28. The molecule has 0 radical (unpaired) electrons. The normalized spacial score (nSPS) is 18.0. The fourth-order valence-electron chi connectivity index (χ4n) is 3.98. The third-order valence-corrected chi connectivity index (χ3v) is 6.19. The van der Waals surface area contributed by atoms with Gasteiger partial charge in [-0.25, -0.2) is 0 Å². The first-order chi connectivity index (χ1) is 16.7. The van der Waals surface area contributed by atoms with Crippen LogP contribution in [0.1, 0.15) is 47.8 Å². The maximum Gasteiger partial charge on any atom is 0.320 e. The van der Waals surface area contributed by atoms with Gasteiger partial charge >= 0.3 is 33.9 Å². The first kappa shape index (κ1) is 24.2. The van der Waals surface area contributed by atoms with Gasteiger partial charge in [0.05, 0.1) is 17.9 Å². The van der Waals surface area contributed by atoms with Crippen LogP contribution in [0.5, 0.6) is 5.75 Å². The Morgan fingerprint density at radius 1 is 1.03 bits per heavy atom. The molecule has 1 fully saturated rings. The Hall–Kier alpha value is -3.93. The molecule has 12 heteroatoms. The van der Waals surface area contributed by atoms with Crippen LogP contribution < -0.4 is 14.8 Å². The summed E-state index contributed by atoms with van der Waals surface area (Å²) in [6.45, 7) is 0. The molecule has 1 heterocycles. The van der Waals surface area contributed by atoms with Gasteiger partial charge in [-0.3, -0.25) is 9.59 Å². The summed E-state index contributed by atoms with van der Waals surface area (Å²) < 4.78 is 33.2. The van der Waals surface area contributed by atoms with Crippen molar-refractivity contribution in [3.8, 4) is 5.75 Å². The van der Waals surface area contributed by atoms with E-state index >= 15 is 0 Å². The number of hydrogen-bond acceptors (Lipinski definition) is 9. The first-order valence-electron chi connectivity index (χ1n) is 10.9. The molecule has 0 unspecified atom stereocenters. The van der Waals surface area contributed by atoms with Crippen LogP contribution in [0.15, 0.2) is 52.9 Å². The van der Waals surface area contributed by atoms with Gasteiger partial charge < -0.3 is 24.3 Å². The van der Waals surface area contributed by atoms with E-state index in [2.05, 4.69) is 20.8 Å². The minimum atomic E-state index is -3.75. The van der Waals surface area contributed by atoms with Crippen LogP contribution in [0.25, 0.3) is 0 Å². The Kier molecular flexibility index (Phi) is 7.01. The maximum atomic E-state index is 12.5. The van der Waals surface area contributed by atoms with Crippen molar-refractivity contribution < 1.29 is 31.7 Å². The molecule has 0 atom stereocenters. The average molecular weight is 501 g/mol. The van der Waals surface area contributed by atoms with E-state index in [0.29, 0.717) is 24.4 Å². The van der Waals surface area contributed by atoms with Gasteiger partial charge in [0.25, 0.3) is 0 Å². The molecule has 4 rings (SSSR count). The highest BCUT2D eigenvalue weighted by Crippen LogP contribution is 2.36. The maximum absolute atomic E-state index is 12.5. The number of anilines is 3. The molecule has 3 N–H and O–H groups in total. The lowest BCUT2D eigenvalue weighted by atomic mass is 9.79. The zero-order valence-corrected chi connectivity index (χ0v) is 19.6. The fraction of sp³-hybridized carbons (Fsp3) is 0.304. The molecule has 0 spiro atoms. The molecule has 1 aliphatic carbocycles. The summed E-state index contributed by atoms with van der Waals surface area (Å²) in [4.78, 5) is 23.7. The van der Waals surface area contributed by atoms with Crippen LogP contribution in [0.3, 0.4) is 0 Å². The van der Waals surface area contributed by atoms with Crippen LogP contribution in [-0.4, -0.2) is 41.9 Å². The third-order valence-electron chi connectivity index (χ3n) is 5.71. The van der Waals surface area contributed by atoms with Crippen LogP contribution in [-0.2, 0) is 14.9 Å². The van der Waals surface area contributed by atoms with E-state index in [0.717, 1.165) is 24.7 Å². The molecule has 0 bridgehead atoms. The van der Waals surface area contributed by atoms with E-state index in [1.807, 2.05) is 12.1 Å². The van der Waals surface area contributed by atoms with Gasteiger partial charge in [0.15, 0.2) is 5.75 Å². The predicted molar refractivity (Wildman–Crippen MR) is 126 cm³/mol. The van der Waals surface area contributed by atoms with Crippen LogP contribution >= 0.6 is 0 Å². The van der Waals surface area contributed by atoms with Gasteiger partial charge in [-0.1, -0.05) is 29.4 Å². The van der Waals surface area contributed by atoms with Gasteiger partial charge in [0.1, 0.15) is 0 Å². The summed E-state index contributed by atoms with van der Waals surface area (Å²) in [5, 5.41) is 22.1. The Morgan fingerprint density at radius 3 is 2.37 bits per heavy atom. The quantitative estimate of drug-likeness (QED) is 0.388. The third kappa shape index (κ3) is 6.35. The van der Waals surface area contributed by atoms with Gasteiger partial charge in [-0.15, -0.1) is 5.10 Å². The number of amides is 1. The molecule has 2 aromatic carbocycles. The number of nitrogens with one attached hydrogen (secondary N) is 2.